The zero-order chi connectivity index (χ0) is 34.2. The van der Waals surface area contributed by atoms with Gasteiger partial charge in [0.25, 0.3) is 0 Å². The van der Waals surface area contributed by atoms with E-state index < -0.39 is 35.8 Å². The van der Waals surface area contributed by atoms with Gasteiger partial charge in [-0.2, -0.15) is 13.2 Å². The van der Waals surface area contributed by atoms with Crippen molar-refractivity contribution in [2.45, 2.75) is 49.6 Å². The Kier molecular flexibility index (Phi) is 15.5. The van der Waals surface area contributed by atoms with Crippen molar-refractivity contribution in [3.8, 4) is 11.5 Å². The van der Waals surface area contributed by atoms with Gasteiger partial charge in [-0.05, 0) is 43.5 Å². The van der Waals surface area contributed by atoms with Crippen LogP contribution in [0, 0.1) is 0 Å². The summed E-state index contributed by atoms with van der Waals surface area (Å²) >= 11 is 0. The van der Waals surface area contributed by atoms with Crippen molar-refractivity contribution in [3.05, 3.63) is 95.6 Å². The number of nitrogens with two attached hydrogens (primary N) is 2. The number of hydrogen-bond donors (Lipinski definition) is 5. The Bertz CT molecular complexity index is 1280. The van der Waals surface area contributed by atoms with Crippen LogP contribution in [-0.2, 0) is 19.9 Å². The maximum Gasteiger partial charge on any atom is 0.471 e. The van der Waals surface area contributed by atoms with Crippen molar-refractivity contribution in [2.75, 3.05) is 33.9 Å². The fourth-order valence-electron chi connectivity index (χ4n) is 4.41. The van der Waals surface area contributed by atoms with Crippen LogP contribution in [0.25, 0.3) is 0 Å². The molecular weight excluding hydrogens is 607 g/mol. The van der Waals surface area contributed by atoms with Crippen LogP contribution in [0.5, 0.6) is 11.5 Å². The smallest absolute Gasteiger partial charge is 0.471 e. The van der Waals surface area contributed by atoms with Gasteiger partial charge in [0.05, 0.1) is 20.3 Å². The highest BCUT2D eigenvalue weighted by Crippen LogP contribution is 2.42. The first-order valence-electron chi connectivity index (χ1n) is 14.6. The van der Waals surface area contributed by atoms with Gasteiger partial charge in [0, 0.05) is 48.8 Å². The summed E-state index contributed by atoms with van der Waals surface area (Å²) in [6.07, 6.45) is -4.97. The van der Waals surface area contributed by atoms with Crippen LogP contribution < -0.4 is 26.3 Å². The molecule has 46 heavy (non-hydrogen) atoms. The average molecular weight is 650 g/mol. The molecule has 0 radical (unpaired) electrons. The molecule has 0 aromatic heterocycles. The number of rotatable bonds is 15. The number of alkyl halides is 3. The topological polar surface area (TPSA) is 166 Å². The number of nitrogens with one attached hydrogen (secondary N) is 1. The van der Waals surface area contributed by atoms with Crippen LogP contribution in [-0.4, -0.2) is 74.3 Å². The Hall–Kier alpha value is -4.17. The molecule has 0 saturated carbocycles. The molecular formula is C33H42F3N3O7. The minimum atomic E-state index is -4.96. The summed E-state index contributed by atoms with van der Waals surface area (Å²) < 4.78 is 54.0. The molecule has 2 atom stereocenters. The number of ether oxygens (including phenoxy) is 3. The van der Waals surface area contributed by atoms with Crippen LogP contribution in [0.1, 0.15) is 42.4 Å². The van der Waals surface area contributed by atoms with E-state index in [1.165, 1.54) is 0 Å². The summed E-state index contributed by atoms with van der Waals surface area (Å²) in [6, 6.07) is 23.0. The highest BCUT2D eigenvalue weighted by molar-refractivity contribution is 5.81. The molecule has 3 aromatic carbocycles. The predicted octanol–water partition coefficient (Wildman–Crippen LogP) is 3.40. The first kappa shape index (κ1) is 38.0. The second-order valence-electron chi connectivity index (χ2n) is 10.2. The monoisotopic (exact) mass is 649 g/mol. The molecule has 2 unspecified atom stereocenters. The van der Waals surface area contributed by atoms with Gasteiger partial charge in [0.2, 0.25) is 0 Å². The standard InChI is InChI=1S/C29H31F3N2O5.C4H11NO2/c1-37-24-13-8-21(9-14-24)28(20-6-4-3-5-7-20,22-10-15-25(38-2)16-11-22)39-26(35)17-12-23(33)18-19-34-27(36)29(30,31)32;5-3-4(7)1-2-6/h3-11,13-16,23H,12,17-19,33H2,1-2H3,(H,34,36);4,6-7H,1-3,5H2. The molecule has 0 spiro atoms. The number of esters is 1. The lowest BCUT2D eigenvalue weighted by Crippen LogP contribution is -2.39. The van der Waals surface area contributed by atoms with Gasteiger partial charge in [0.1, 0.15) is 11.5 Å². The summed E-state index contributed by atoms with van der Waals surface area (Å²) in [5, 5.41) is 18.5. The molecule has 3 rings (SSSR count). The fourth-order valence-corrected chi connectivity index (χ4v) is 4.41. The molecule has 0 saturated heterocycles. The molecule has 13 heteroatoms. The number of benzene rings is 3. The van der Waals surface area contributed by atoms with E-state index in [1.807, 2.05) is 54.6 Å². The zero-order valence-corrected chi connectivity index (χ0v) is 25.8. The van der Waals surface area contributed by atoms with E-state index in [2.05, 4.69) is 0 Å². The third-order valence-electron chi connectivity index (χ3n) is 6.95. The number of halogens is 3. The van der Waals surface area contributed by atoms with Crippen molar-refractivity contribution >= 4 is 11.9 Å². The van der Waals surface area contributed by atoms with Crippen LogP contribution in [0.3, 0.4) is 0 Å². The van der Waals surface area contributed by atoms with Crippen LogP contribution in [0.15, 0.2) is 78.9 Å². The number of aliphatic hydroxyl groups is 2. The van der Waals surface area contributed by atoms with Crippen molar-refractivity contribution in [3.63, 3.8) is 0 Å². The number of methoxy groups -OCH3 is 2. The van der Waals surface area contributed by atoms with Crippen LogP contribution in [0.4, 0.5) is 13.2 Å². The normalized spacial score (nSPS) is 12.6. The zero-order valence-electron chi connectivity index (χ0n) is 25.8. The average Bonchev–Trinajstić information content (AvgIpc) is 3.06. The SMILES string of the molecule is COc1ccc(C(OC(=O)CCC(N)CCNC(=O)C(F)(F)F)(c2ccccc2)c2ccc(OC)cc2)cc1.NCC(O)CCO. The number of carbonyl (C=O) groups excluding carboxylic acids is 2. The molecule has 10 nitrogen and oxygen atoms in total. The van der Waals surface area contributed by atoms with Crippen molar-refractivity contribution < 1.29 is 47.2 Å². The second-order valence-corrected chi connectivity index (χ2v) is 10.2. The Morgan fingerprint density at radius 1 is 0.826 bits per heavy atom. The molecule has 0 fully saturated rings. The van der Waals surface area contributed by atoms with E-state index in [9.17, 15) is 22.8 Å². The van der Waals surface area contributed by atoms with Gasteiger partial charge in [-0.25, -0.2) is 0 Å². The van der Waals surface area contributed by atoms with Crippen molar-refractivity contribution in [1.29, 1.82) is 0 Å². The van der Waals surface area contributed by atoms with E-state index >= 15 is 0 Å². The van der Waals surface area contributed by atoms with E-state index in [4.69, 9.17) is 35.9 Å². The predicted molar refractivity (Wildman–Crippen MR) is 166 cm³/mol. The quantitative estimate of drug-likeness (QED) is 0.123. The maximum absolute atomic E-state index is 13.3. The molecule has 1 amide bonds. The minimum Gasteiger partial charge on any atom is -0.497 e. The molecule has 7 N–H and O–H groups in total. The van der Waals surface area contributed by atoms with Crippen LogP contribution >= 0.6 is 0 Å². The van der Waals surface area contributed by atoms with Crippen LogP contribution in [0.2, 0.25) is 0 Å². The molecule has 0 heterocycles. The Balaban J connectivity index is 0.000000942. The van der Waals surface area contributed by atoms with E-state index in [0.29, 0.717) is 34.6 Å². The first-order valence-corrected chi connectivity index (χ1v) is 14.6. The van der Waals surface area contributed by atoms with Gasteiger partial charge in [-0.15, -0.1) is 0 Å². The number of aliphatic hydroxyl groups excluding tert-OH is 2. The molecule has 0 aliphatic rings. The second kappa shape index (κ2) is 18.7. The van der Waals surface area contributed by atoms with Crippen molar-refractivity contribution in [1.82, 2.24) is 5.32 Å². The van der Waals surface area contributed by atoms with Gasteiger partial charge in [-0.1, -0.05) is 54.6 Å². The lowest BCUT2D eigenvalue weighted by Gasteiger charge is -2.35. The highest BCUT2D eigenvalue weighted by atomic mass is 19.4. The first-order chi connectivity index (χ1) is 21.9. The Morgan fingerprint density at radius 2 is 1.33 bits per heavy atom. The molecule has 0 aliphatic carbocycles. The van der Waals surface area contributed by atoms with E-state index in [0.717, 1.165) is 0 Å². The van der Waals surface area contributed by atoms with Gasteiger partial charge in [-0.3, -0.25) is 9.59 Å². The molecule has 3 aromatic rings. The number of hydrogen-bond acceptors (Lipinski definition) is 9. The summed E-state index contributed by atoms with van der Waals surface area (Å²) in [5.41, 5.74) is 11.7. The third kappa shape index (κ3) is 11.3. The number of carbonyl (C=O) groups is 2. The number of amides is 1. The largest absolute Gasteiger partial charge is 0.497 e. The van der Waals surface area contributed by atoms with Gasteiger partial charge in [0.15, 0.2) is 5.60 Å². The molecule has 252 valence electrons. The molecule has 0 aliphatic heterocycles. The third-order valence-corrected chi connectivity index (χ3v) is 6.95. The summed E-state index contributed by atoms with van der Waals surface area (Å²) in [5.74, 6) is -1.32. The Morgan fingerprint density at radius 3 is 1.74 bits per heavy atom. The summed E-state index contributed by atoms with van der Waals surface area (Å²) in [6.45, 7) is -0.0147. The van der Waals surface area contributed by atoms with Gasteiger partial charge >= 0.3 is 18.1 Å². The lowest BCUT2D eigenvalue weighted by molar-refractivity contribution is -0.173. The summed E-state index contributed by atoms with van der Waals surface area (Å²) in [7, 11) is 3.11. The van der Waals surface area contributed by atoms with E-state index in [1.54, 1.807) is 43.8 Å². The van der Waals surface area contributed by atoms with E-state index in [-0.39, 0.29) is 39.0 Å². The minimum absolute atomic E-state index is 0.0123. The fraction of sp³-hybridized carbons (Fsp3) is 0.394. The highest BCUT2D eigenvalue weighted by Gasteiger charge is 2.41. The van der Waals surface area contributed by atoms with Gasteiger partial charge < -0.3 is 41.2 Å². The maximum atomic E-state index is 13.3. The van der Waals surface area contributed by atoms with Crippen molar-refractivity contribution in [2.24, 2.45) is 11.5 Å². The lowest BCUT2D eigenvalue weighted by atomic mass is 9.80. The summed E-state index contributed by atoms with van der Waals surface area (Å²) in [4.78, 5) is 24.3. The molecule has 0 bridgehead atoms. The Labute approximate surface area is 266 Å².